The minimum absolute atomic E-state index is 0.369. The van der Waals surface area contributed by atoms with E-state index in [1.165, 1.54) is 110 Å². The monoisotopic (exact) mass is 670 g/mol. The van der Waals surface area contributed by atoms with Crippen molar-refractivity contribution in [3.63, 3.8) is 0 Å². The zero-order valence-electron chi connectivity index (χ0n) is 29.9. The molecule has 0 saturated carbocycles. The van der Waals surface area contributed by atoms with Gasteiger partial charge in [0.15, 0.2) is 0 Å². The lowest BCUT2D eigenvalue weighted by atomic mass is 9.87. The van der Waals surface area contributed by atoms with Crippen LogP contribution in [0, 0.1) is 0 Å². The van der Waals surface area contributed by atoms with E-state index in [0.29, 0.717) is 11.4 Å². The molecule has 2 N–H and O–H groups in total. The Morgan fingerprint density at radius 1 is 0.480 bits per heavy atom. The smallest absolute Gasteiger partial charge is 0.253 e. The molecule has 0 atom stereocenters. The molecule has 2 aromatic heterocycles. The summed E-state index contributed by atoms with van der Waals surface area (Å²) in [6.07, 6.45) is 23.4. The molecule has 262 valence electrons. The van der Waals surface area contributed by atoms with E-state index in [1.54, 1.807) is 11.1 Å². The van der Waals surface area contributed by atoms with Gasteiger partial charge in [0.25, 0.3) is 10.9 Å². The molecule has 50 heavy (non-hydrogen) atoms. The third kappa shape index (κ3) is 7.80. The zero-order valence-corrected chi connectivity index (χ0v) is 29.9. The normalized spacial score (nSPS) is 14.2. The fourth-order valence-electron chi connectivity index (χ4n) is 8.59. The average molecular weight is 671 g/mol. The second kappa shape index (κ2) is 16.8. The van der Waals surface area contributed by atoms with Gasteiger partial charge in [-0.2, -0.15) is 0 Å². The third-order valence-electron chi connectivity index (χ3n) is 11.3. The molecule has 0 amide bonds. The Bertz CT molecular complexity index is 1850. The molecule has 7 rings (SSSR count). The first kappa shape index (κ1) is 34.4. The lowest BCUT2D eigenvalue weighted by Crippen LogP contribution is -2.37. The van der Waals surface area contributed by atoms with Crippen LogP contribution in [0.2, 0.25) is 0 Å². The lowest BCUT2D eigenvalue weighted by molar-refractivity contribution is 0.616. The number of rotatable bonds is 18. The fraction of sp³-hybridized carbons (Fsp3) is 0.500. The first-order valence-corrected chi connectivity index (χ1v) is 19.8. The quantitative estimate of drug-likeness (QED) is 0.0714. The highest BCUT2D eigenvalue weighted by Gasteiger charge is 2.21. The topological polar surface area (TPSA) is 84.0 Å². The number of nitrogens with zero attached hydrogens (tertiary/aromatic N) is 2. The molecule has 2 aliphatic carbocycles. The molecule has 0 aliphatic heterocycles. The van der Waals surface area contributed by atoms with Crippen LogP contribution in [0.1, 0.15) is 124 Å². The van der Waals surface area contributed by atoms with Crippen molar-refractivity contribution in [3.05, 3.63) is 103 Å². The van der Waals surface area contributed by atoms with Gasteiger partial charge in [0.1, 0.15) is 11.4 Å². The van der Waals surface area contributed by atoms with Gasteiger partial charge in [-0.3, -0.25) is 19.6 Å². The van der Waals surface area contributed by atoms with Crippen molar-refractivity contribution in [2.75, 3.05) is 23.7 Å². The van der Waals surface area contributed by atoms with Crippen molar-refractivity contribution in [2.24, 2.45) is 0 Å². The third-order valence-corrected chi connectivity index (χ3v) is 11.3. The summed E-state index contributed by atoms with van der Waals surface area (Å²) in [5.74, 6) is 0. The number of fused-ring (bicyclic) bond motifs is 4. The molecule has 6 heteroatoms. The predicted octanol–water partition coefficient (Wildman–Crippen LogP) is 9.35. The van der Waals surface area contributed by atoms with Gasteiger partial charge in [0.2, 0.25) is 0 Å². The highest BCUT2D eigenvalue weighted by Crippen LogP contribution is 2.32. The van der Waals surface area contributed by atoms with Crippen LogP contribution in [0.3, 0.4) is 0 Å². The number of nitrogens with one attached hydrogen (secondary N) is 2. The van der Waals surface area contributed by atoms with Gasteiger partial charge in [0, 0.05) is 35.2 Å². The summed E-state index contributed by atoms with van der Waals surface area (Å²) in [7, 11) is 0. The summed E-state index contributed by atoms with van der Waals surface area (Å²) in [4.78, 5) is 34.6. The molecular formula is C44H54N4O2. The summed E-state index contributed by atoms with van der Waals surface area (Å²) in [6, 6.07) is 17.3. The van der Waals surface area contributed by atoms with Crippen LogP contribution in [0.25, 0.3) is 21.8 Å². The summed E-state index contributed by atoms with van der Waals surface area (Å²) in [5.41, 5.74) is 11.4. The van der Waals surface area contributed by atoms with Gasteiger partial charge in [-0.15, -0.1) is 0 Å². The number of para-hydroxylation sites is 2. The number of aryl methyl sites for hydroxylation is 4. The molecular weight excluding hydrogens is 617 g/mol. The molecule has 0 spiro atoms. The highest BCUT2D eigenvalue weighted by atomic mass is 16.2. The van der Waals surface area contributed by atoms with Crippen LogP contribution in [0.15, 0.2) is 58.1 Å². The van der Waals surface area contributed by atoms with Crippen molar-refractivity contribution < 1.29 is 0 Å². The van der Waals surface area contributed by atoms with E-state index in [4.69, 9.17) is 9.97 Å². The molecule has 0 saturated heterocycles. The molecule has 2 aliphatic rings. The number of pyridine rings is 2. The average Bonchev–Trinajstić information content (AvgIpc) is 3.16. The second-order valence-corrected chi connectivity index (χ2v) is 14.8. The predicted molar refractivity (Wildman–Crippen MR) is 209 cm³/mol. The number of hydrogen-bond donors (Lipinski definition) is 2. The van der Waals surface area contributed by atoms with E-state index in [0.717, 1.165) is 75.5 Å². The Hall–Kier alpha value is -4.06. The standard InChI is InChI=1S/C44H54N4O2/c49-43-41(45-29-17-5-1-3-7-19-31-33-21-9-13-25-37(33)47-38-26-14-10-22-34(31)38)42(44(43)50)46-30-18-6-2-4-8-20-32-35-23-11-15-27-39(35)48-40-28-16-12-24-36(32)40/h9,11,13,15,21,23,25,27,45-46H,1-8,10,12,14,16-20,22,24,26,28-30H2. The number of anilines is 2. The SMILES string of the molecule is O=c1c(NCCCCCCCc2c3c(nc4ccccc24)CCCC3)c(NCCCCCCCc2c3c(nc4ccccc24)CCCC3)c1=O. The maximum absolute atomic E-state index is 12.3. The van der Waals surface area contributed by atoms with Gasteiger partial charge in [-0.05, 0) is 124 Å². The van der Waals surface area contributed by atoms with Crippen LogP contribution >= 0.6 is 0 Å². The van der Waals surface area contributed by atoms with Crippen LogP contribution < -0.4 is 21.5 Å². The summed E-state index contributed by atoms with van der Waals surface area (Å²) in [6.45, 7) is 1.47. The second-order valence-electron chi connectivity index (χ2n) is 14.8. The maximum Gasteiger partial charge on any atom is 0.253 e. The highest BCUT2D eigenvalue weighted by molar-refractivity contribution is 5.84. The Labute approximate surface area is 297 Å². The molecule has 0 radical (unpaired) electrons. The van der Waals surface area contributed by atoms with Gasteiger partial charge in [-0.1, -0.05) is 74.9 Å². The molecule has 3 aromatic carbocycles. The maximum atomic E-state index is 12.3. The van der Waals surface area contributed by atoms with Gasteiger partial charge >= 0.3 is 0 Å². The number of benzene rings is 2. The van der Waals surface area contributed by atoms with Gasteiger partial charge < -0.3 is 10.6 Å². The van der Waals surface area contributed by atoms with Crippen molar-refractivity contribution in [1.82, 2.24) is 9.97 Å². The molecule has 5 aromatic rings. The van der Waals surface area contributed by atoms with Gasteiger partial charge in [-0.25, -0.2) is 0 Å². The van der Waals surface area contributed by atoms with Crippen molar-refractivity contribution >= 4 is 33.2 Å². The van der Waals surface area contributed by atoms with Crippen LogP contribution in [-0.4, -0.2) is 23.1 Å². The van der Waals surface area contributed by atoms with E-state index in [-0.39, 0.29) is 10.9 Å². The van der Waals surface area contributed by atoms with Crippen molar-refractivity contribution in [2.45, 2.75) is 128 Å². The summed E-state index contributed by atoms with van der Waals surface area (Å²) in [5, 5.41) is 9.24. The van der Waals surface area contributed by atoms with E-state index in [9.17, 15) is 9.59 Å². The van der Waals surface area contributed by atoms with E-state index in [2.05, 4.69) is 59.2 Å². The Morgan fingerprint density at radius 3 is 1.36 bits per heavy atom. The minimum Gasteiger partial charge on any atom is -0.380 e. The number of unbranched alkanes of at least 4 members (excludes halogenated alkanes) is 8. The summed E-state index contributed by atoms with van der Waals surface area (Å²) < 4.78 is 0. The molecule has 2 heterocycles. The number of hydrogen-bond acceptors (Lipinski definition) is 6. The molecule has 0 bridgehead atoms. The molecule has 6 nitrogen and oxygen atoms in total. The molecule has 0 unspecified atom stereocenters. The minimum atomic E-state index is -0.369. The Balaban J connectivity index is 0.775. The van der Waals surface area contributed by atoms with E-state index in [1.807, 2.05) is 0 Å². The lowest BCUT2D eigenvalue weighted by Gasteiger charge is -2.21. The summed E-state index contributed by atoms with van der Waals surface area (Å²) >= 11 is 0. The van der Waals surface area contributed by atoms with Crippen LogP contribution in [0.5, 0.6) is 0 Å². The fourth-order valence-corrected chi connectivity index (χ4v) is 8.59. The first-order valence-electron chi connectivity index (χ1n) is 19.8. The van der Waals surface area contributed by atoms with E-state index < -0.39 is 0 Å². The largest absolute Gasteiger partial charge is 0.380 e. The van der Waals surface area contributed by atoms with Crippen molar-refractivity contribution in [3.8, 4) is 0 Å². The first-order chi connectivity index (χ1) is 24.7. The van der Waals surface area contributed by atoms with Gasteiger partial charge in [0.05, 0.1) is 11.0 Å². The Morgan fingerprint density at radius 2 is 0.880 bits per heavy atom. The van der Waals surface area contributed by atoms with E-state index >= 15 is 0 Å². The van der Waals surface area contributed by atoms with Crippen LogP contribution in [-0.2, 0) is 38.5 Å². The molecule has 0 fully saturated rings. The number of aromatic nitrogens is 2. The van der Waals surface area contributed by atoms with Crippen molar-refractivity contribution in [1.29, 1.82) is 0 Å². The zero-order chi connectivity index (χ0) is 34.1. The Kier molecular flexibility index (Phi) is 11.5. The van der Waals surface area contributed by atoms with Crippen LogP contribution in [0.4, 0.5) is 11.4 Å².